The molecule has 184 valence electrons. The molecule has 1 aromatic heterocycles. The van der Waals surface area contributed by atoms with Crippen LogP contribution >= 0.6 is 11.6 Å². The van der Waals surface area contributed by atoms with Gasteiger partial charge in [-0.25, -0.2) is 4.39 Å². The molecule has 0 spiro atoms. The first-order valence-corrected chi connectivity index (χ1v) is 12.2. The number of benzene rings is 3. The molecule has 0 N–H and O–H groups in total. The highest BCUT2D eigenvalue weighted by Crippen LogP contribution is 2.40. The molecule has 5 nitrogen and oxygen atoms in total. The number of ether oxygens (including phenoxy) is 1. The van der Waals surface area contributed by atoms with E-state index < -0.39 is 23.2 Å². The molecule has 1 unspecified atom stereocenters. The van der Waals surface area contributed by atoms with Crippen LogP contribution in [-0.4, -0.2) is 17.4 Å². The number of fused-ring (bicyclic) bond motifs is 2. The van der Waals surface area contributed by atoms with E-state index in [-0.39, 0.29) is 28.8 Å². The van der Waals surface area contributed by atoms with Gasteiger partial charge in [0, 0.05) is 11.6 Å². The Labute approximate surface area is 213 Å². The van der Waals surface area contributed by atoms with Gasteiger partial charge in [0.25, 0.3) is 5.91 Å². The second kappa shape index (κ2) is 9.78. The van der Waals surface area contributed by atoms with E-state index in [0.29, 0.717) is 28.9 Å². The molecule has 1 atom stereocenters. The fourth-order valence-corrected chi connectivity index (χ4v) is 4.69. The van der Waals surface area contributed by atoms with E-state index in [4.69, 9.17) is 20.8 Å². The maximum Gasteiger partial charge on any atom is 0.291 e. The van der Waals surface area contributed by atoms with Gasteiger partial charge < -0.3 is 14.1 Å². The second-order valence-corrected chi connectivity index (χ2v) is 9.75. The molecule has 7 heteroatoms. The number of halogens is 2. The number of hydrogen-bond donors (Lipinski definition) is 0. The van der Waals surface area contributed by atoms with Crippen LogP contribution < -0.4 is 10.2 Å². The van der Waals surface area contributed by atoms with Gasteiger partial charge >= 0.3 is 0 Å². The van der Waals surface area contributed by atoms with Crippen molar-refractivity contribution in [1.82, 2.24) is 4.90 Å². The summed E-state index contributed by atoms with van der Waals surface area (Å²) < 4.78 is 25.9. The largest absolute Gasteiger partial charge is 0.494 e. The first-order chi connectivity index (χ1) is 17.3. The fourth-order valence-electron chi connectivity index (χ4n) is 4.50. The van der Waals surface area contributed by atoms with Gasteiger partial charge in [-0.1, -0.05) is 55.8 Å². The summed E-state index contributed by atoms with van der Waals surface area (Å²) in [4.78, 5) is 28.8. The van der Waals surface area contributed by atoms with Crippen LogP contribution in [0.1, 0.15) is 53.6 Å². The maximum absolute atomic E-state index is 14.0. The molecular weight excluding hydrogens is 481 g/mol. The second-order valence-electron chi connectivity index (χ2n) is 9.34. The third-order valence-corrected chi connectivity index (χ3v) is 6.73. The predicted octanol–water partition coefficient (Wildman–Crippen LogP) is 6.76. The monoisotopic (exact) mass is 505 g/mol. The van der Waals surface area contributed by atoms with Gasteiger partial charge in [-0.05, 0) is 59.9 Å². The number of hydrogen-bond acceptors (Lipinski definition) is 4. The van der Waals surface area contributed by atoms with Gasteiger partial charge in [0.05, 0.1) is 23.6 Å². The minimum Gasteiger partial charge on any atom is -0.494 e. The Morgan fingerprint density at radius 2 is 1.86 bits per heavy atom. The summed E-state index contributed by atoms with van der Waals surface area (Å²) in [5.74, 6) is 0.121. The third kappa shape index (κ3) is 4.49. The molecule has 4 aromatic rings. The maximum atomic E-state index is 14.0. The van der Waals surface area contributed by atoms with E-state index in [0.717, 1.165) is 18.1 Å². The lowest BCUT2D eigenvalue weighted by Gasteiger charge is -2.26. The summed E-state index contributed by atoms with van der Waals surface area (Å²) >= 11 is 6.41. The number of carbonyl (C=O) groups excluding carboxylic acids is 1. The normalized spacial score (nSPS) is 15.1. The SMILES string of the molecule is CC(C)CCOc1cccc(C2c3c(oc4ccc(F)cc4c3=O)C(=O)N2Cc2ccccc2Cl)c1. The average molecular weight is 506 g/mol. The van der Waals surface area contributed by atoms with Crippen LogP contribution in [0.5, 0.6) is 5.75 Å². The lowest BCUT2D eigenvalue weighted by molar-refractivity contribution is 0.0714. The quantitative estimate of drug-likeness (QED) is 0.278. The minimum absolute atomic E-state index is 0.0395. The number of nitrogens with zero attached hydrogens (tertiary/aromatic N) is 1. The highest BCUT2D eigenvalue weighted by Gasteiger charge is 2.43. The molecule has 36 heavy (non-hydrogen) atoms. The van der Waals surface area contributed by atoms with Crippen molar-refractivity contribution < 1.29 is 18.3 Å². The van der Waals surface area contributed by atoms with Crippen LogP contribution in [-0.2, 0) is 6.54 Å². The molecule has 0 saturated carbocycles. The average Bonchev–Trinajstić information content (AvgIpc) is 3.13. The Bertz CT molecular complexity index is 1510. The van der Waals surface area contributed by atoms with E-state index >= 15 is 0 Å². The van der Waals surface area contributed by atoms with Crippen molar-refractivity contribution in [2.45, 2.75) is 32.9 Å². The zero-order chi connectivity index (χ0) is 25.4. The fraction of sp³-hybridized carbons (Fsp3) is 0.241. The van der Waals surface area contributed by atoms with E-state index in [1.807, 2.05) is 42.5 Å². The summed E-state index contributed by atoms with van der Waals surface area (Å²) in [6.07, 6.45) is 0.898. The summed E-state index contributed by atoms with van der Waals surface area (Å²) in [7, 11) is 0. The van der Waals surface area contributed by atoms with Crippen molar-refractivity contribution in [3.63, 3.8) is 0 Å². The van der Waals surface area contributed by atoms with Crippen LogP contribution in [0.4, 0.5) is 4.39 Å². The van der Waals surface area contributed by atoms with Crippen molar-refractivity contribution in [2.75, 3.05) is 6.61 Å². The molecule has 5 rings (SSSR count). The van der Waals surface area contributed by atoms with Crippen LogP contribution in [0.2, 0.25) is 5.02 Å². The Morgan fingerprint density at radius 1 is 1.06 bits per heavy atom. The molecule has 0 bridgehead atoms. The lowest BCUT2D eigenvalue weighted by Crippen LogP contribution is -2.29. The van der Waals surface area contributed by atoms with E-state index in [1.165, 1.54) is 12.1 Å². The van der Waals surface area contributed by atoms with Crippen LogP contribution in [0.25, 0.3) is 11.0 Å². The topological polar surface area (TPSA) is 59.8 Å². The molecule has 2 heterocycles. The summed E-state index contributed by atoms with van der Waals surface area (Å²) in [6.45, 7) is 4.96. The van der Waals surface area contributed by atoms with Gasteiger partial charge in [0.2, 0.25) is 5.76 Å². The van der Waals surface area contributed by atoms with E-state index in [9.17, 15) is 14.0 Å². The van der Waals surface area contributed by atoms with E-state index in [1.54, 1.807) is 11.0 Å². The number of rotatable bonds is 7. The van der Waals surface area contributed by atoms with Crippen molar-refractivity contribution in [2.24, 2.45) is 5.92 Å². The van der Waals surface area contributed by atoms with Crippen molar-refractivity contribution in [3.05, 3.63) is 110 Å². The molecule has 3 aromatic carbocycles. The molecular formula is C29H25ClFNO4. The van der Waals surface area contributed by atoms with Gasteiger partial charge in [-0.15, -0.1) is 0 Å². The van der Waals surface area contributed by atoms with Crippen LogP contribution in [0, 0.1) is 11.7 Å². The summed E-state index contributed by atoms with van der Waals surface area (Å²) in [6, 6.07) is 17.6. The standard InChI is InChI=1S/C29H25ClFNO4/c1-17(2)12-13-35-21-8-5-7-18(14-21)26-25-27(33)22-15-20(31)10-11-24(22)36-28(25)29(34)32(26)16-19-6-3-4-9-23(19)30/h3-11,14-15,17,26H,12-13,16H2,1-2H3. The Hall–Kier alpha value is -3.64. The van der Waals surface area contributed by atoms with Gasteiger partial charge in [0.15, 0.2) is 5.43 Å². The zero-order valence-electron chi connectivity index (χ0n) is 20.0. The molecule has 0 aliphatic carbocycles. The van der Waals surface area contributed by atoms with Crippen molar-refractivity contribution in [1.29, 1.82) is 0 Å². The van der Waals surface area contributed by atoms with Gasteiger partial charge in [-0.2, -0.15) is 0 Å². The molecule has 1 aliphatic heterocycles. The van der Waals surface area contributed by atoms with Gasteiger partial charge in [-0.3, -0.25) is 9.59 Å². The smallest absolute Gasteiger partial charge is 0.291 e. The molecule has 0 radical (unpaired) electrons. The first-order valence-electron chi connectivity index (χ1n) is 11.9. The lowest BCUT2D eigenvalue weighted by atomic mass is 9.98. The third-order valence-electron chi connectivity index (χ3n) is 6.36. The molecule has 0 fully saturated rings. The minimum atomic E-state index is -0.749. The molecule has 0 saturated heterocycles. The van der Waals surface area contributed by atoms with Gasteiger partial charge in [0.1, 0.15) is 17.1 Å². The Balaban J connectivity index is 1.64. The number of carbonyl (C=O) groups is 1. The van der Waals surface area contributed by atoms with E-state index in [2.05, 4.69) is 13.8 Å². The van der Waals surface area contributed by atoms with Crippen LogP contribution in [0.3, 0.4) is 0 Å². The summed E-state index contributed by atoms with van der Waals surface area (Å²) in [5, 5.41) is 0.604. The van der Waals surface area contributed by atoms with Crippen molar-refractivity contribution in [3.8, 4) is 5.75 Å². The van der Waals surface area contributed by atoms with Crippen molar-refractivity contribution >= 4 is 28.5 Å². The van der Waals surface area contributed by atoms with Crippen LogP contribution in [0.15, 0.2) is 75.9 Å². The Morgan fingerprint density at radius 3 is 2.64 bits per heavy atom. The Kier molecular flexibility index (Phi) is 6.54. The first kappa shape index (κ1) is 24.1. The number of amides is 1. The highest BCUT2D eigenvalue weighted by atomic mass is 35.5. The highest BCUT2D eigenvalue weighted by molar-refractivity contribution is 6.31. The summed E-state index contributed by atoms with van der Waals surface area (Å²) in [5.41, 5.74) is 1.34. The molecule has 1 amide bonds. The molecule has 1 aliphatic rings. The zero-order valence-corrected chi connectivity index (χ0v) is 20.7. The predicted molar refractivity (Wildman–Crippen MR) is 137 cm³/mol.